The molecule has 76 valence electrons. The van der Waals surface area contributed by atoms with Gasteiger partial charge in [-0.2, -0.15) is 0 Å². The third-order valence-electron chi connectivity index (χ3n) is 2.36. The predicted octanol–water partition coefficient (Wildman–Crippen LogP) is 3.21. The molecule has 1 unspecified atom stereocenters. The first-order chi connectivity index (χ1) is 6.55. The first-order valence-electron chi connectivity index (χ1n) is 4.87. The highest BCUT2D eigenvalue weighted by molar-refractivity contribution is 6.80. The summed E-state index contributed by atoms with van der Waals surface area (Å²) in [6.45, 7) is 6.86. The molecule has 0 bridgehead atoms. The molecular formula is C12H17ClSi. The Morgan fingerprint density at radius 1 is 1.14 bits per heavy atom. The maximum absolute atomic E-state index is 5.71. The Kier molecular flexibility index (Phi) is 3.96. The van der Waals surface area contributed by atoms with Crippen molar-refractivity contribution in [2.75, 3.05) is 0 Å². The smallest absolute Gasteiger partial charge is 0.0937 e. The van der Waals surface area contributed by atoms with E-state index in [0.717, 1.165) is 0 Å². The number of hydrogen-bond acceptors (Lipinski definition) is 0. The van der Waals surface area contributed by atoms with Gasteiger partial charge in [-0.3, -0.25) is 0 Å². The minimum Gasteiger partial charge on any atom is -0.0937 e. The second-order valence-corrected chi connectivity index (χ2v) is 8.56. The summed E-state index contributed by atoms with van der Waals surface area (Å²) in [6, 6.07) is 10.7. The molecule has 1 aromatic carbocycles. The van der Waals surface area contributed by atoms with Crippen LogP contribution in [0.3, 0.4) is 0 Å². The van der Waals surface area contributed by atoms with Gasteiger partial charge in [-0.1, -0.05) is 73.6 Å². The predicted molar refractivity (Wildman–Crippen MR) is 67.9 cm³/mol. The van der Waals surface area contributed by atoms with Crippen molar-refractivity contribution in [2.24, 2.45) is 0 Å². The number of hydrogen-bond donors (Lipinski definition) is 0. The first kappa shape index (κ1) is 11.5. The van der Waals surface area contributed by atoms with Crippen molar-refractivity contribution in [3.8, 4) is 0 Å². The molecule has 0 nitrogen and oxygen atoms in total. The molecule has 0 heterocycles. The standard InChI is InChI=1S/C12H17ClSi/c1-12(2,3)14(10-9-13)11-7-5-4-6-8-11/h4-10,14H,1-3H3. The van der Waals surface area contributed by atoms with Gasteiger partial charge in [0, 0.05) is 0 Å². The normalized spacial score (nSPS) is 14.6. The SMILES string of the molecule is CC(C)(C)[SiH](C=CCl)c1ccccc1. The number of halogens is 1. The van der Waals surface area contributed by atoms with E-state index in [4.69, 9.17) is 11.6 Å². The molecule has 0 radical (unpaired) electrons. The summed E-state index contributed by atoms with van der Waals surface area (Å²) in [5, 5.41) is 1.80. The summed E-state index contributed by atoms with van der Waals surface area (Å²) in [5.41, 5.74) is 3.87. The molecule has 0 saturated heterocycles. The van der Waals surface area contributed by atoms with Crippen LogP contribution in [0.15, 0.2) is 41.6 Å². The highest BCUT2D eigenvalue weighted by Gasteiger charge is 2.25. The van der Waals surface area contributed by atoms with Crippen molar-refractivity contribution in [3.05, 3.63) is 41.6 Å². The molecule has 0 amide bonds. The number of rotatable bonds is 2. The van der Waals surface area contributed by atoms with E-state index in [1.54, 1.807) is 5.54 Å². The lowest BCUT2D eigenvalue weighted by molar-refractivity contribution is 0.749. The Balaban J connectivity index is 3.01. The van der Waals surface area contributed by atoms with E-state index < -0.39 is 8.80 Å². The molecule has 2 heteroatoms. The van der Waals surface area contributed by atoms with Crippen LogP contribution in [0.25, 0.3) is 0 Å². The second kappa shape index (κ2) is 4.81. The van der Waals surface area contributed by atoms with Crippen molar-refractivity contribution >= 4 is 25.6 Å². The monoisotopic (exact) mass is 224 g/mol. The molecule has 0 saturated carbocycles. The van der Waals surface area contributed by atoms with Crippen LogP contribution in [0.4, 0.5) is 0 Å². The van der Waals surface area contributed by atoms with Gasteiger partial charge in [-0.15, -0.1) is 0 Å². The average Bonchev–Trinajstić information content (AvgIpc) is 2.14. The van der Waals surface area contributed by atoms with Gasteiger partial charge < -0.3 is 0 Å². The van der Waals surface area contributed by atoms with E-state index in [2.05, 4.69) is 56.8 Å². The zero-order valence-electron chi connectivity index (χ0n) is 9.00. The van der Waals surface area contributed by atoms with Crippen LogP contribution in [0, 0.1) is 0 Å². The molecular weight excluding hydrogens is 208 g/mol. The summed E-state index contributed by atoms with van der Waals surface area (Å²) in [5.74, 6) is 0. The Morgan fingerprint density at radius 3 is 2.14 bits per heavy atom. The third kappa shape index (κ3) is 3.00. The molecule has 0 aliphatic heterocycles. The molecule has 1 aromatic rings. The summed E-state index contributed by atoms with van der Waals surface area (Å²) in [4.78, 5) is 0. The van der Waals surface area contributed by atoms with Crippen LogP contribution in [-0.2, 0) is 0 Å². The Bertz CT molecular complexity index is 298. The van der Waals surface area contributed by atoms with E-state index in [-0.39, 0.29) is 0 Å². The third-order valence-corrected chi connectivity index (χ3v) is 6.29. The molecule has 1 atom stereocenters. The topological polar surface area (TPSA) is 0 Å². The van der Waals surface area contributed by atoms with Crippen LogP contribution in [0.5, 0.6) is 0 Å². The maximum atomic E-state index is 5.71. The zero-order chi connectivity index (χ0) is 10.6. The number of benzene rings is 1. The van der Waals surface area contributed by atoms with Crippen molar-refractivity contribution in [3.63, 3.8) is 0 Å². The maximum Gasteiger partial charge on any atom is 0.100 e. The largest absolute Gasteiger partial charge is 0.100 e. The fourth-order valence-electron chi connectivity index (χ4n) is 1.63. The van der Waals surface area contributed by atoms with Crippen molar-refractivity contribution in [2.45, 2.75) is 25.8 Å². The zero-order valence-corrected chi connectivity index (χ0v) is 10.9. The van der Waals surface area contributed by atoms with Crippen LogP contribution >= 0.6 is 11.6 Å². The summed E-state index contributed by atoms with van der Waals surface area (Å²) < 4.78 is 0. The summed E-state index contributed by atoms with van der Waals surface area (Å²) in [6.07, 6.45) is 0. The Labute approximate surface area is 93.2 Å². The van der Waals surface area contributed by atoms with Gasteiger partial charge >= 0.3 is 0 Å². The van der Waals surface area contributed by atoms with Gasteiger partial charge in [0.2, 0.25) is 0 Å². The van der Waals surface area contributed by atoms with E-state index in [9.17, 15) is 0 Å². The Morgan fingerprint density at radius 2 is 1.71 bits per heavy atom. The molecule has 0 aliphatic rings. The Hall–Kier alpha value is -0.533. The van der Waals surface area contributed by atoms with Crippen LogP contribution in [-0.4, -0.2) is 8.80 Å². The van der Waals surface area contributed by atoms with Gasteiger partial charge in [-0.25, -0.2) is 0 Å². The summed E-state index contributed by atoms with van der Waals surface area (Å²) in [7, 11) is -1.09. The van der Waals surface area contributed by atoms with Crippen LogP contribution < -0.4 is 5.19 Å². The lowest BCUT2D eigenvalue weighted by Gasteiger charge is -2.26. The summed E-state index contributed by atoms with van der Waals surface area (Å²) >= 11 is 5.71. The van der Waals surface area contributed by atoms with Gasteiger partial charge in [0.25, 0.3) is 0 Å². The quantitative estimate of drug-likeness (QED) is 0.677. The van der Waals surface area contributed by atoms with Gasteiger partial charge in [-0.05, 0) is 10.6 Å². The molecule has 0 N–H and O–H groups in total. The lowest BCUT2D eigenvalue weighted by atomic mass is 10.2. The van der Waals surface area contributed by atoms with E-state index >= 15 is 0 Å². The lowest BCUT2D eigenvalue weighted by Crippen LogP contribution is -2.36. The molecule has 0 aromatic heterocycles. The fourth-order valence-corrected chi connectivity index (χ4v) is 4.65. The van der Waals surface area contributed by atoms with Crippen molar-refractivity contribution in [1.29, 1.82) is 0 Å². The first-order valence-corrected chi connectivity index (χ1v) is 7.13. The highest BCUT2D eigenvalue weighted by Crippen LogP contribution is 2.27. The van der Waals surface area contributed by atoms with Crippen LogP contribution in [0.2, 0.25) is 5.04 Å². The average molecular weight is 225 g/mol. The highest BCUT2D eigenvalue weighted by atomic mass is 35.5. The van der Waals surface area contributed by atoms with Gasteiger partial charge in [0.1, 0.15) is 8.80 Å². The fraction of sp³-hybridized carbons (Fsp3) is 0.333. The minimum atomic E-state index is -1.09. The molecule has 0 aliphatic carbocycles. The van der Waals surface area contributed by atoms with Crippen molar-refractivity contribution in [1.82, 2.24) is 0 Å². The molecule has 1 rings (SSSR count). The van der Waals surface area contributed by atoms with Gasteiger partial charge in [0.05, 0.1) is 0 Å². The van der Waals surface area contributed by atoms with E-state index in [1.807, 2.05) is 0 Å². The molecule has 14 heavy (non-hydrogen) atoms. The molecule has 0 spiro atoms. The second-order valence-electron chi connectivity index (χ2n) is 4.57. The van der Waals surface area contributed by atoms with Gasteiger partial charge in [0.15, 0.2) is 0 Å². The van der Waals surface area contributed by atoms with E-state index in [1.165, 1.54) is 5.19 Å². The van der Waals surface area contributed by atoms with E-state index in [0.29, 0.717) is 5.04 Å². The van der Waals surface area contributed by atoms with Crippen molar-refractivity contribution < 1.29 is 0 Å². The molecule has 0 fully saturated rings. The van der Waals surface area contributed by atoms with Crippen LogP contribution in [0.1, 0.15) is 20.8 Å². The minimum absolute atomic E-state index is 0.340.